The molecule has 6 heterocycles. The molecule has 30 atom stereocenters. The summed E-state index contributed by atoms with van der Waals surface area (Å²) in [5.41, 5.74) is 0. The van der Waals surface area contributed by atoms with Gasteiger partial charge in [0.15, 0.2) is 37.7 Å². The standard InChI is InChI=1S/C38H65NO31/c1-8(46)39-15-28(20(51)13(6-44)60-33(15)59)66-36-31(25(56)19(50)11(4-42)63-36)69-38-32(29(21(52)14(7-45)65-38)67-34-26(57)22(53)16(47)9(2-40)61-34)70-37-30(24(55)18(49)12(5-43)64-37)68-35-27(58)23(54)17(48)10(3-41)62-35/h9-38,40-45,47-59H,2-7H2,1H3,(H,39,46)/t9-,10-,11-,12-,13-,14-,15-,16-,17-,18-,19-,20-,21-,22+,23+,24+,25+,26-,27+,28-,29+,30+,31+,32+,33?,34-,35+,36+,37-,38-/m1/s1. The topological polar surface area (TPSA) is 515 Å². The monoisotopic (exact) mass is 1030 g/mol. The lowest BCUT2D eigenvalue weighted by molar-refractivity contribution is -0.420. The first-order valence-corrected chi connectivity index (χ1v) is 22.1. The van der Waals surface area contributed by atoms with Crippen molar-refractivity contribution < 1.29 is 154 Å². The molecule has 0 bridgehead atoms. The van der Waals surface area contributed by atoms with Crippen molar-refractivity contribution in [3.05, 3.63) is 0 Å². The third kappa shape index (κ3) is 11.9. The summed E-state index contributed by atoms with van der Waals surface area (Å²) in [5, 5.41) is 205. The van der Waals surface area contributed by atoms with E-state index >= 15 is 0 Å². The molecule has 32 nitrogen and oxygen atoms in total. The lowest BCUT2D eigenvalue weighted by atomic mass is 9.94. The van der Waals surface area contributed by atoms with Crippen LogP contribution >= 0.6 is 0 Å². The van der Waals surface area contributed by atoms with Crippen LogP contribution in [0.2, 0.25) is 0 Å². The van der Waals surface area contributed by atoms with Gasteiger partial charge in [-0.1, -0.05) is 0 Å². The van der Waals surface area contributed by atoms with E-state index in [0.717, 1.165) is 6.92 Å². The highest BCUT2D eigenvalue weighted by Gasteiger charge is 2.59. The number of carbonyl (C=O) groups is 1. The summed E-state index contributed by atoms with van der Waals surface area (Å²) in [4.78, 5) is 12.2. The molecule has 1 unspecified atom stereocenters. The molecular formula is C38H65NO31. The Balaban J connectivity index is 1.43. The van der Waals surface area contributed by atoms with Crippen LogP contribution in [0.5, 0.6) is 0 Å². The molecule has 408 valence electrons. The van der Waals surface area contributed by atoms with Gasteiger partial charge in [-0.25, -0.2) is 0 Å². The van der Waals surface area contributed by atoms with Crippen molar-refractivity contribution in [3.8, 4) is 0 Å². The third-order valence-electron chi connectivity index (χ3n) is 12.8. The quantitative estimate of drug-likeness (QED) is 0.0643. The van der Waals surface area contributed by atoms with Crippen molar-refractivity contribution in [3.63, 3.8) is 0 Å². The molecule has 6 aliphatic rings. The Labute approximate surface area is 395 Å². The Kier molecular flexibility index (Phi) is 20.3. The van der Waals surface area contributed by atoms with Gasteiger partial charge in [-0.3, -0.25) is 4.79 Å². The van der Waals surface area contributed by atoms with Gasteiger partial charge in [0.1, 0.15) is 146 Å². The summed E-state index contributed by atoms with van der Waals surface area (Å²) in [6, 6.07) is -1.67. The first kappa shape index (κ1) is 57.5. The van der Waals surface area contributed by atoms with Gasteiger partial charge in [0, 0.05) is 6.92 Å². The van der Waals surface area contributed by atoms with Gasteiger partial charge in [0.2, 0.25) is 5.91 Å². The van der Waals surface area contributed by atoms with Crippen molar-refractivity contribution in [2.45, 2.75) is 191 Å². The second-order valence-electron chi connectivity index (χ2n) is 17.5. The van der Waals surface area contributed by atoms with E-state index in [2.05, 4.69) is 5.32 Å². The van der Waals surface area contributed by atoms with E-state index in [1.165, 1.54) is 0 Å². The zero-order chi connectivity index (χ0) is 51.6. The molecule has 0 aromatic heterocycles. The van der Waals surface area contributed by atoms with Crippen LogP contribution in [0.25, 0.3) is 0 Å². The minimum absolute atomic E-state index is 0.800. The predicted molar refractivity (Wildman–Crippen MR) is 211 cm³/mol. The van der Waals surface area contributed by atoms with Crippen LogP contribution in [0.4, 0.5) is 0 Å². The van der Waals surface area contributed by atoms with E-state index in [-0.39, 0.29) is 0 Å². The van der Waals surface area contributed by atoms with Gasteiger partial charge in [0.25, 0.3) is 0 Å². The van der Waals surface area contributed by atoms with Crippen LogP contribution in [0.3, 0.4) is 0 Å². The van der Waals surface area contributed by atoms with Crippen LogP contribution in [0.15, 0.2) is 0 Å². The Morgan fingerprint density at radius 1 is 0.343 bits per heavy atom. The molecule has 1 amide bonds. The average Bonchev–Trinajstić information content (AvgIpc) is 3.34. The van der Waals surface area contributed by atoms with Crippen molar-refractivity contribution in [1.82, 2.24) is 5.32 Å². The highest BCUT2D eigenvalue weighted by atomic mass is 16.8. The number of nitrogens with one attached hydrogen (secondary N) is 1. The zero-order valence-corrected chi connectivity index (χ0v) is 37.0. The molecule has 32 heteroatoms. The Morgan fingerprint density at radius 3 is 1.03 bits per heavy atom. The third-order valence-corrected chi connectivity index (χ3v) is 12.8. The van der Waals surface area contributed by atoms with Gasteiger partial charge >= 0.3 is 0 Å². The van der Waals surface area contributed by atoms with E-state index in [4.69, 9.17) is 52.1 Å². The fraction of sp³-hybridized carbons (Fsp3) is 0.974. The summed E-state index contributed by atoms with van der Waals surface area (Å²) in [6.07, 6.45) is -59.0. The van der Waals surface area contributed by atoms with Crippen LogP contribution < -0.4 is 5.32 Å². The molecule has 0 spiro atoms. The summed E-state index contributed by atoms with van der Waals surface area (Å²) >= 11 is 0. The molecule has 6 rings (SSSR count). The summed E-state index contributed by atoms with van der Waals surface area (Å²) in [6.45, 7) is -5.07. The minimum atomic E-state index is -2.32. The van der Waals surface area contributed by atoms with Crippen LogP contribution in [0, 0.1) is 0 Å². The van der Waals surface area contributed by atoms with Gasteiger partial charge in [-0.2, -0.15) is 0 Å². The number of rotatable bonds is 17. The number of aliphatic hydroxyl groups is 19. The molecule has 0 aliphatic carbocycles. The van der Waals surface area contributed by atoms with E-state index < -0.39 is 230 Å². The number of ether oxygens (including phenoxy) is 11. The molecule has 0 aromatic carbocycles. The highest BCUT2D eigenvalue weighted by Crippen LogP contribution is 2.38. The van der Waals surface area contributed by atoms with Gasteiger partial charge < -0.3 is 154 Å². The maximum absolute atomic E-state index is 12.2. The van der Waals surface area contributed by atoms with E-state index in [1.807, 2.05) is 0 Å². The molecule has 6 saturated heterocycles. The van der Waals surface area contributed by atoms with Crippen molar-refractivity contribution in [2.75, 3.05) is 39.6 Å². The van der Waals surface area contributed by atoms with Gasteiger partial charge in [-0.15, -0.1) is 0 Å². The average molecular weight is 1030 g/mol. The summed E-state index contributed by atoms with van der Waals surface area (Å²) < 4.78 is 63.6. The Bertz CT molecular complexity index is 1630. The van der Waals surface area contributed by atoms with E-state index in [0.29, 0.717) is 0 Å². The number of carbonyl (C=O) groups excluding carboxylic acids is 1. The largest absolute Gasteiger partial charge is 0.394 e. The number of hydrogen-bond acceptors (Lipinski definition) is 31. The second kappa shape index (κ2) is 24.7. The lowest BCUT2D eigenvalue weighted by Crippen LogP contribution is -2.70. The molecular weight excluding hydrogens is 966 g/mol. The summed E-state index contributed by atoms with van der Waals surface area (Å²) in [5.74, 6) is -0.800. The molecule has 0 saturated carbocycles. The minimum Gasteiger partial charge on any atom is -0.394 e. The molecule has 20 N–H and O–H groups in total. The summed E-state index contributed by atoms with van der Waals surface area (Å²) in [7, 11) is 0. The normalized spacial score (nSPS) is 51.5. The number of aliphatic hydroxyl groups excluding tert-OH is 19. The second-order valence-corrected chi connectivity index (χ2v) is 17.5. The van der Waals surface area contributed by atoms with E-state index in [9.17, 15) is 102 Å². The van der Waals surface area contributed by atoms with Crippen molar-refractivity contribution in [1.29, 1.82) is 0 Å². The molecule has 6 aliphatic heterocycles. The van der Waals surface area contributed by atoms with Gasteiger partial charge in [-0.05, 0) is 0 Å². The first-order chi connectivity index (χ1) is 33.2. The van der Waals surface area contributed by atoms with Crippen molar-refractivity contribution in [2.24, 2.45) is 0 Å². The lowest BCUT2D eigenvalue weighted by Gasteiger charge is -2.51. The molecule has 0 aromatic rings. The number of amides is 1. The van der Waals surface area contributed by atoms with Crippen LogP contribution in [-0.2, 0) is 56.9 Å². The molecule has 70 heavy (non-hydrogen) atoms. The Morgan fingerprint density at radius 2 is 0.629 bits per heavy atom. The maximum Gasteiger partial charge on any atom is 0.217 e. The Hall–Kier alpha value is -1.73. The molecule has 6 fully saturated rings. The maximum atomic E-state index is 12.2. The SMILES string of the molecule is CC(=O)N[C@H]1C(O)O[C@H](CO)[C@@H](O)[C@@H]1O[C@@H]1O[C@H](CO)[C@@H](O)[C@H](O)[C@@H]1O[C@H]1O[C@H](CO)[C@@H](O)[C@H](O[C@H]2O[C@H](CO)[C@@H](O)[C@H](O)[C@H]2O)[C@@H]1O[C@H]1O[C@H](CO)[C@@H](O)[C@H](O)[C@@H]1O[C@@H]1O[C@H](CO)[C@@H](O)[C@H](O)[C@@H]1O. The fourth-order valence-corrected chi connectivity index (χ4v) is 8.84. The van der Waals surface area contributed by atoms with Crippen LogP contribution in [-0.4, -0.2) is 327 Å². The van der Waals surface area contributed by atoms with E-state index in [1.54, 1.807) is 0 Å². The number of hydrogen-bond donors (Lipinski definition) is 20. The smallest absolute Gasteiger partial charge is 0.217 e. The van der Waals surface area contributed by atoms with Crippen molar-refractivity contribution >= 4 is 5.91 Å². The highest BCUT2D eigenvalue weighted by molar-refractivity contribution is 5.73. The van der Waals surface area contributed by atoms with Gasteiger partial charge in [0.05, 0.1) is 39.6 Å². The fourth-order valence-electron chi connectivity index (χ4n) is 8.84. The predicted octanol–water partition coefficient (Wildman–Crippen LogP) is -14.0. The van der Waals surface area contributed by atoms with Crippen LogP contribution in [0.1, 0.15) is 6.92 Å². The first-order valence-electron chi connectivity index (χ1n) is 22.1. The molecule has 0 radical (unpaired) electrons. The zero-order valence-electron chi connectivity index (χ0n) is 37.0.